The van der Waals surface area contributed by atoms with Crippen molar-refractivity contribution in [2.75, 3.05) is 0 Å². The second kappa shape index (κ2) is 2.83. The Morgan fingerprint density at radius 1 is 1.62 bits per heavy atom. The van der Waals surface area contributed by atoms with Crippen molar-refractivity contribution in [3.05, 3.63) is 0 Å². The highest BCUT2D eigenvalue weighted by Crippen LogP contribution is 2.09. The van der Waals surface area contributed by atoms with Gasteiger partial charge in [0.2, 0.25) is 0 Å². The van der Waals surface area contributed by atoms with E-state index in [9.17, 15) is 0 Å². The van der Waals surface area contributed by atoms with Crippen LogP contribution < -0.4 is 0 Å². The molecule has 0 aromatic heterocycles. The van der Waals surface area contributed by atoms with E-state index in [1.54, 1.807) is 6.55 Å². The SMILES string of the molecule is [3H]C([3H])[Si](C)(C[Si](C)C)C([3H])([3H])[3H]. The van der Waals surface area contributed by atoms with Crippen LogP contribution in [0.5, 0.6) is 0 Å². The number of hydrogen-bond donors (Lipinski definition) is 0. The topological polar surface area (TPSA) is 0 Å². The molecule has 0 N–H and O–H groups in total. The van der Waals surface area contributed by atoms with E-state index in [1.165, 1.54) is 0 Å². The molecule has 0 heterocycles. The van der Waals surface area contributed by atoms with Crippen LogP contribution in [-0.2, 0) is 0 Å². The lowest BCUT2D eigenvalue weighted by Gasteiger charge is -2.16. The first kappa shape index (κ1) is 3.01. The third-order valence-electron chi connectivity index (χ3n) is 0.721. The maximum atomic E-state index is 7.38. The summed E-state index contributed by atoms with van der Waals surface area (Å²) >= 11 is 0. The van der Waals surface area contributed by atoms with Crippen LogP contribution in [0.1, 0.15) is 6.85 Å². The largest absolute Gasteiger partial charge is 0.0715 e. The van der Waals surface area contributed by atoms with Gasteiger partial charge in [-0.2, -0.15) is 0 Å². The van der Waals surface area contributed by atoms with Gasteiger partial charge in [-0.25, -0.2) is 0 Å². The van der Waals surface area contributed by atoms with Crippen LogP contribution in [0.4, 0.5) is 0 Å². The predicted octanol–water partition coefficient (Wildman–Crippen LogP) is 2.62. The zero-order chi connectivity index (χ0) is 10.9. The minimum atomic E-state index is -2.71. The van der Waals surface area contributed by atoms with Gasteiger partial charge in [0, 0.05) is 23.7 Å². The molecule has 0 spiro atoms. The van der Waals surface area contributed by atoms with Crippen molar-refractivity contribution in [3.8, 4) is 0 Å². The van der Waals surface area contributed by atoms with Gasteiger partial charge < -0.3 is 0 Å². The second-order valence-corrected chi connectivity index (χ2v) is 9.46. The van der Waals surface area contributed by atoms with Crippen LogP contribution in [0, 0.1) is 0 Å². The molecule has 0 rings (SSSR count). The molecule has 0 nitrogen and oxygen atoms in total. The predicted molar refractivity (Wildman–Crippen MR) is 45.6 cm³/mol. The Kier molecular flexibility index (Phi) is 1.07. The first-order chi connectivity index (χ1) is 5.61. The summed E-state index contributed by atoms with van der Waals surface area (Å²) in [6.45, 7) is 2.57. The van der Waals surface area contributed by atoms with E-state index in [0.717, 1.165) is 0 Å². The molecule has 8 heavy (non-hydrogen) atoms. The van der Waals surface area contributed by atoms with E-state index in [4.69, 9.17) is 6.85 Å². The fourth-order valence-electron chi connectivity index (χ4n) is 0.734. The zero-order valence-corrected chi connectivity index (χ0v) is 7.78. The minimum absolute atomic E-state index is 0.631. The van der Waals surface area contributed by atoms with E-state index >= 15 is 0 Å². The smallest absolute Gasteiger partial charge is 0.0414 e. The Hall–Kier alpha value is 0.434. The van der Waals surface area contributed by atoms with Gasteiger partial charge in [-0.15, -0.1) is 0 Å². The van der Waals surface area contributed by atoms with Crippen molar-refractivity contribution in [1.82, 2.24) is 0 Å². The summed E-state index contributed by atoms with van der Waals surface area (Å²) in [5.74, 6) is 0. The highest BCUT2D eigenvalue weighted by Gasteiger charge is 2.14. The molecule has 0 aromatic rings. The van der Waals surface area contributed by atoms with Gasteiger partial charge in [0.25, 0.3) is 0 Å². The van der Waals surface area contributed by atoms with Crippen molar-refractivity contribution in [3.63, 3.8) is 0 Å². The quantitative estimate of drug-likeness (QED) is 0.538. The van der Waals surface area contributed by atoms with Crippen molar-refractivity contribution in [1.29, 1.82) is 0 Å². The standard InChI is InChI=1S/C6H17Si2/c1-7(2)6-8(3,4)5/h6H2,1-5H3/i3T2,4T3. The normalized spacial score (nSPS) is 29.9. The summed E-state index contributed by atoms with van der Waals surface area (Å²) in [5.41, 5.74) is 0.631. The van der Waals surface area contributed by atoms with E-state index in [-0.39, 0.29) is 0 Å². The molecule has 49 valence electrons. The first-order valence-electron chi connectivity index (χ1n) is 5.40. The molecule has 0 aliphatic carbocycles. The van der Waals surface area contributed by atoms with Crippen LogP contribution in [0.15, 0.2) is 0 Å². The highest BCUT2D eigenvalue weighted by molar-refractivity contribution is 6.86. The van der Waals surface area contributed by atoms with Crippen LogP contribution in [0.25, 0.3) is 0 Å². The summed E-state index contributed by atoms with van der Waals surface area (Å²) in [7, 11) is -3.37. The Labute approximate surface area is 62.9 Å². The van der Waals surface area contributed by atoms with E-state index < -0.39 is 29.8 Å². The first-order valence-corrected chi connectivity index (χ1v) is 8.24. The fraction of sp³-hybridized carbons (Fsp3) is 1.00. The lowest BCUT2D eigenvalue weighted by atomic mass is 11.7. The van der Waals surface area contributed by atoms with E-state index in [1.807, 2.05) is 13.1 Å². The lowest BCUT2D eigenvalue weighted by Crippen LogP contribution is -2.25. The van der Waals surface area contributed by atoms with Gasteiger partial charge in [-0.05, 0) is 0 Å². The fourth-order valence-corrected chi connectivity index (χ4v) is 6.61. The monoisotopic (exact) mass is 155 g/mol. The van der Waals surface area contributed by atoms with Crippen molar-refractivity contribution >= 4 is 16.9 Å². The molecule has 1 radical (unpaired) electrons. The van der Waals surface area contributed by atoms with Crippen molar-refractivity contribution < 1.29 is 6.85 Å². The van der Waals surface area contributed by atoms with E-state index in [0.29, 0.717) is 5.67 Å². The van der Waals surface area contributed by atoms with Crippen LogP contribution in [0.2, 0.25) is 38.3 Å². The molecule has 0 bridgehead atoms. The molecule has 0 aliphatic rings. The Balaban J connectivity index is 4.74. The van der Waals surface area contributed by atoms with Crippen molar-refractivity contribution in [2.45, 2.75) is 38.3 Å². The van der Waals surface area contributed by atoms with Crippen LogP contribution >= 0.6 is 0 Å². The minimum Gasteiger partial charge on any atom is -0.0715 e. The van der Waals surface area contributed by atoms with Gasteiger partial charge in [0.15, 0.2) is 0 Å². The molecule has 1 atom stereocenters. The molecule has 0 aliphatic heterocycles. The summed E-state index contributed by atoms with van der Waals surface area (Å²) in [6, 6.07) is 0. The molecule has 0 aromatic carbocycles. The maximum absolute atomic E-state index is 7.38. The molecule has 0 fully saturated rings. The zero-order valence-electron chi connectivity index (χ0n) is 10.8. The molecule has 1 unspecified atom stereocenters. The molecular formula is C6H17Si2. The van der Waals surface area contributed by atoms with E-state index in [2.05, 4.69) is 0 Å². The molecular weight excluding hydrogens is 128 g/mol. The lowest BCUT2D eigenvalue weighted by molar-refractivity contribution is 1.59. The van der Waals surface area contributed by atoms with Gasteiger partial charge >= 0.3 is 0 Å². The summed E-state index contributed by atoms with van der Waals surface area (Å²) in [6.07, 6.45) is 0. The Bertz CT molecular complexity index is 167. The van der Waals surface area contributed by atoms with Crippen LogP contribution in [-0.4, -0.2) is 16.9 Å². The average molecular weight is 155 g/mol. The maximum Gasteiger partial charge on any atom is 0.0414 e. The third-order valence-corrected chi connectivity index (χ3v) is 6.49. The molecule has 0 saturated heterocycles. The Morgan fingerprint density at radius 3 is 2.38 bits per heavy atom. The Morgan fingerprint density at radius 2 is 2.25 bits per heavy atom. The third kappa shape index (κ3) is 6.43. The molecule has 0 amide bonds. The second-order valence-electron chi connectivity index (χ2n) is 2.80. The highest BCUT2D eigenvalue weighted by atomic mass is 28.4. The van der Waals surface area contributed by atoms with Crippen molar-refractivity contribution in [2.24, 2.45) is 0 Å². The molecule has 2 heteroatoms. The van der Waals surface area contributed by atoms with Gasteiger partial charge in [-0.1, -0.05) is 38.3 Å². The van der Waals surface area contributed by atoms with Gasteiger partial charge in [-0.3, -0.25) is 0 Å². The number of rotatable bonds is 2. The number of hydrogen-bond acceptors (Lipinski definition) is 0. The average Bonchev–Trinajstić information content (AvgIpc) is 1.82. The summed E-state index contributed by atoms with van der Waals surface area (Å²) < 4.78 is 36.9. The molecule has 0 saturated carbocycles. The van der Waals surface area contributed by atoms with Gasteiger partial charge in [0.05, 0.1) is 0 Å². The summed E-state index contributed by atoms with van der Waals surface area (Å²) in [5, 5.41) is 0. The van der Waals surface area contributed by atoms with Gasteiger partial charge in [0.1, 0.15) is 0 Å². The van der Waals surface area contributed by atoms with Crippen LogP contribution in [0.3, 0.4) is 0 Å². The summed E-state index contributed by atoms with van der Waals surface area (Å²) in [4.78, 5) is 0.